The number of rotatable bonds is 3. The molecule has 92 valence electrons. The lowest BCUT2D eigenvalue weighted by Gasteiger charge is -2.07. The smallest absolute Gasteiger partial charge is 0.357 e. The van der Waals surface area contributed by atoms with Gasteiger partial charge in [0.15, 0.2) is 5.69 Å². The molecule has 0 saturated heterocycles. The topological polar surface area (TPSA) is 52.1 Å². The number of nitrogens with zero attached hydrogens (tertiary/aromatic N) is 2. The Morgan fingerprint density at radius 1 is 1.39 bits per heavy atom. The Kier molecular flexibility index (Phi) is 3.62. The van der Waals surface area contributed by atoms with E-state index in [2.05, 4.69) is 9.97 Å². The van der Waals surface area contributed by atoms with Crippen molar-refractivity contribution in [3.63, 3.8) is 0 Å². The number of hydrogen-bond donors (Lipinski definition) is 0. The summed E-state index contributed by atoms with van der Waals surface area (Å²) in [6.07, 6.45) is 3.20. The van der Waals surface area contributed by atoms with Crippen molar-refractivity contribution in [2.75, 3.05) is 6.61 Å². The molecule has 0 fully saturated rings. The molecule has 0 unspecified atom stereocenters. The number of pyridine rings is 2. The maximum absolute atomic E-state index is 13.1. The van der Waals surface area contributed by atoms with Crippen LogP contribution >= 0.6 is 0 Å². The van der Waals surface area contributed by atoms with Gasteiger partial charge in [-0.15, -0.1) is 0 Å². The molecule has 2 aromatic rings. The molecule has 2 aromatic heterocycles. The molecule has 0 atom stereocenters. The van der Waals surface area contributed by atoms with Gasteiger partial charge in [-0.3, -0.25) is 4.98 Å². The van der Waals surface area contributed by atoms with E-state index < -0.39 is 11.9 Å². The zero-order chi connectivity index (χ0) is 13.0. The van der Waals surface area contributed by atoms with Crippen molar-refractivity contribution in [2.45, 2.75) is 6.92 Å². The molecule has 0 aliphatic rings. The number of halogens is 1. The first-order valence-corrected chi connectivity index (χ1v) is 5.46. The molecule has 0 spiro atoms. The van der Waals surface area contributed by atoms with Gasteiger partial charge in [0.05, 0.1) is 6.61 Å². The third-order valence-corrected chi connectivity index (χ3v) is 2.30. The largest absolute Gasteiger partial charge is 0.461 e. The average Bonchev–Trinajstić information content (AvgIpc) is 2.40. The molecular weight excluding hydrogens is 235 g/mol. The highest BCUT2D eigenvalue weighted by Crippen LogP contribution is 2.22. The summed E-state index contributed by atoms with van der Waals surface area (Å²) in [4.78, 5) is 19.3. The van der Waals surface area contributed by atoms with Crippen molar-refractivity contribution in [2.24, 2.45) is 0 Å². The number of aromatic nitrogens is 2. The van der Waals surface area contributed by atoms with E-state index in [0.717, 1.165) is 0 Å². The van der Waals surface area contributed by atoms with Crippen LogP contribution in [0.3, 0.4) is 0 Å². The summed E-state index contributed by atoms with van der Waals surface area (Å²) in [6, 6.07) is 6.19. The van der Waals surface area contributed by atoms with Crippen molar-refractivity contribution in [3.8, 4) is 11.1 Å². The second-order valence-electron chi connectivity index (χ2n) is 3.49. The van der Waals surface area contributed by atoms with Gasteiger partial charge in [-0.2, -0.15) is 4.39 Å². The molecule has 0 saturated carbocycles. The number of ether oxygens (including phenoxy) is 1. The van der Waals surface area contributed by atoms with E-state index in [-0.39, 0.29) is 12.3 Å². The molecule has 4 nitrogen and oxygen atoms in total. The summed E-state index contributed by atoms with van der Waals surface area (Å²) in [5.41, 5.74) is 1.15. The van der Waals surface area contributed by atoms with Crippen LogP contribution in [0, 0.1) is 5.95 Å². The lowest BCUT2D eigenvalue weighted by molar-refractivity contribution is 0.0519. The highest BCUT2D eigenvalue weighted by molar-refractivity contribution is 5.95. The van der Waals surface area contributed by atoms with Crippen molar-refractivity contribution in [3.05, 3.63) is 48.3 Å². The molecule has 0 N–H and O–H groups in total. The lowest BCUT2D eigenvalue weighted by Crippen LogP contribution is -2.10. The van der Waals surface area contributed by atoms with E-state index in [1.54, 1.807) is 31.5 Å². The molecule has 0 aromatic carbocycles. The molecule has 0 radical (unpaired) electrons. The van der Waals surface area contributed by atoms with Crippen LogP contribution in [0.1, 0.15) is 17.4 Å². The fourth-order valence-electron chi connectivity index (χ4n) is 1.55. The van der Waals surface area contributed by atoms with E-state index in [1.807, 2.05) is 0 Å². The van der Waals surface area contributed by atoms with E-state index >= 15 is 0 Å². The highest BCUT2D eigenvalue weighted by atomic mass is 19.1. The van der Waals surface area contributed by atoms with E-state index in [0.29, 0.717) is 11.1 Å². The fourth-order valence-corrected chi connectivity index (χ4v) is 1.55. The number of carbonyl (C=O) groups excluding carboxylic acids is 1. The van der Waals surface area contributed by atoms with E-state index in [1.165, 1.54) is 12.1 Å². The minimum absolute atomic E-state index is 0.0372. The maximum atomic E-state index is 13.1. The third-order valence-electron chi connectivity index (χ3n) is 2.30. The van der Waals surface area contributed by atoms with Crippen LogP contribution in [0.15, 0.2) is 36.7 Å². The van der Waals surface area contributed by atoms with Crippen LogP contribution in [-0.2, 0) is 4.74 Å². The minimum Gasteiger partial charge on any atom is -0.461 e. The SMILES string of the molecule is CCOC(=O)c1nc(F)ccc1-c1cccnc1. The number of carbonyl (C=O) groups is 1. The van der Waals surface area contributed by atoms with Gasteiger partial charge in [0.25, 0.3) is 0 Å². The maximum Gasteiger partial charge on any atom is 0.357 e. The standard InChI is InChI=1S/C13H11FN2O2/c1-2-18-13(17)12-10(5-6-11(14)16-12)9-4-3-7-15-8-9/h3-8H,2H2,1H3. The number of hydrogen-bond acceptors (Lipinski definition) is 4. The average molecular weight is 246 g/mol. The molecule has 2 rings (SSSR count). The first-order chi connectivity index (χ1) is 8.72. The van der Waals surface area contributed by atoms with Gasteiger partial charge in [0.2, 0.25) is 5.95 Å². The Hall–Kier alpha value is -2.30. The summed E-state index contributed by atoms with van der Waals surface area (Å²) in [5.74, 6) is -1.36. The van der Waals surface area contributed by atoms with Gasteiger partial charge in [-0.25, -0.2) is 9.78 Å². The first kappa shape index (κ1) is 12.2. The number of esters is 1. The second kappa shape index (κ2) is 5.35. The summed E-state index contributed by atoms with van der Waals surface area (Å²) in [6.45, 7) is 1.89. The van der Waals surface area contributed by atoms with Gasteiger partial charge in [0, 0.05) is 23.5 Å². The lowest BCUT2D eigenvalue weighted by atomic mass is 10.1. The Balaban J connectivity index is 2.51. The third kappa shape index (κ3) is 2.51. The van der Waals surface area contributed by atoms with Crippen LogP contribution in [0.4, 0.5) is 4.39 Å². The predicted molar refractivity (Wildman–Crippen MR) is 63.4 cm³/mol. The Bertz CT molecular complexity index is 558. The van der Waals surface area contributed by atoms with E-state index in [4.69, 9.17) is 4.74 Å². The van der Waals surface area contributed by atoms with Crippen molar-refractivity contribution < 1.29 is 13.9 Å². The molecule has 0 bridgehead atoms. The van der Waals surface area contributed by atoms with Crippen LogP contribution in [0.5, 0.6) is 0 Å². The molecule has 0 amide bonds. The summed E-state index contributed by atoms with van der Waals surface area (Å²) < 4.78 is 18.0. The van der Waals surface area contributed by atoms with Crippen LogP contribution in [0.2, 0.25) is 0 Å². The highest BCUT2D eigenvalue weighted by Gasteiger charge is 2.16. The quantitative estimate of drug-likeness (QED) is 0.616. The van der Waals surface area contributed by atoms with Crippen LogP contribution in [0.25, 0.3) is 11.1 Å². The van der Waals surface area contributed by atoms with E-state index in [9.17, 15) is 9.18 Å². The molecule has 0 aliphatic heterocycles. The van der Waals surface area contributed by atoms with Gasteiger partial charge >= 0.3 is 5.97 Å². The molecular formula is C13H11FN2O2. The zero-order valence-electron chi connectivity index (χ0n) is 9.76. The van der Waals surface area contributed by atoms with Gasteiger partial charge in [-0.1, -0.05) is 6.07 Å². The fraction of sp³-hybridized carbons (Fsp3) is 0.154. The molecule has 5 heteroatoms. The Labute approximate surface area is 103 Å². The second-order valence-corrected chi connectivity index (χ2v) is 3.49. The summed E-state index contributed by atoms with van der Waals surface area (Å²) in [7, 11) is 0. The normalized spacial score (nSPS) is 10.1. The molecule has 0 aliphatic carbocycles. The van der Waals surface area contributed by atoms with Crippen molar-refractivity contribution in [1.29, 1.82) is 0 Å². The summed E-state index contributed by atoms with van der Waals surface area (Å²) >= 11 is 0. The zero-order valence-corrected chi connectivity index (χ0v) is 9.76. The summed E-state index contributed by atoms with van der Waals surface area (Å²) in [5, 5.41) is 0. The van der Waals surface area contributed by atoms with Gasteiger partial charge < -0.3 is 4.74 Å². The first-order valence-electron chi connectivity index (χ1n) is 5.46. The Morgan fingerprint density at radius 3 is 2.89 bits per heavy atom. The van der Waals surface area contributed by atoms with Crippen molar-refractivity contribution in [1.82, 2.24) is 9.97 Å². The minimum atomic E-state index is -0.717. The molecule has 2 heterocycles. The monoisotopic (exact) mass is 246 g/mol. The van der Waals surface area contributed by atoms with Crippen molar-refractivity contribution >= 4 is 5.97 Å². The van der Waals surface area contributed by atoms with Gasteiger partial charge in [-0.05, 0) is 25.1 Å². The Morgan fingerprint density at radius 2 is 2.22 bits per heavy atom. The molecule has 18 heavy (non-hydrogen) atoms. The predicted octanol–water partition coefficient (Wildman–Crippen LogP) is 2.46. The van der Waals surface area contributed by atoms with Crippen LogP contribution < -0.4 is 0 Å². The van der Waals surface area contributed by atoms with Gasteiger partial charge in [0.1, 0.15) is 0 Å². The van der Waals surface area contributed by atoms with Crippen LogP contribution in [-0.4, -0.2) is 22.5 Å².